The van der Waals surface area contributed by atoms with Crippen LogP contribution in [-0.4, -0.2) is 11.7 Å². The normalized spacial score (nSPS) is 9.54. The molecule has 0 radical (unpaired) electrons. The van der Waals surface area contributed by atoms with E-state index in [1.54, 1.807) is 12.1 Å². The van der Waals surface area contributed by atoms with Crippen molar-refractivity contribution in [1.82, 2.24) is 5.32 Å². The monoisotopic (exact) mass is 196 g/mol. The standard InChI is InChI=1S/C9H9ClN2O/c10-8-1-2-9(13)7(5-8)6-12-4-3-11/h1-2,5,12-13H,4,6H2. The fourth-order valence-corrected chi connectivity index (χ4v) is 1.14. The molecule has 0 unspecified atom stereocenters. The number of phenols is 1. The zero-order chi connectivity index (χ0) is 9.68. The van der Waals surface area contributed by atoms with Gasteiger partial charge in [-0.25, -0.2) is 0 Å². The Hall–Kier alpha value is -1.24. The third kappa shape index (κ3) is 2.94. The van der Waals surface area contributed by atoms with Gasteiger partial charge in [0.2, 0.25) is 0 Å². The summed E-state index contributed by atoms with van der Waals surface area (Å²) in [7, 11) is 0. The minimum atomic E-state index is 0.190. The van der Waals surface area contributed by atoms with Crippen molar-refractivity contribution < 1.29 is 5.11 Å². The topological polar surface area (TPSA) is 56.0 Å². The van der Waals surface area contributed by atoms with Gasteiger partial charge in [0.25, 0.3) is 0 Å². The van der Waals surface area contributed by atoms with Gasteiger partial charge in [0.1, 0.15) is 5.75 Å². The minimum absolute atomic E-state index is 0.190. The molecule has 0 saturated carbocycles. The van der Waals surface area contributed by atoms with Crippen LogP contribution in [0, 0.1) is 11.3 Å². The highest BCUT2D eigenvalue weighted by Crippen LogP contribution is 2.20. The van der Waals surface area contributed by atoms with Crippen molar-refractivity contribution in [3.05, 3.63) is 28.8 Å². The van der Waals surface area contributed by atoms with Crippen molar-refractivity contribution >= 4 is 11.6 Å². The fraction of sp³-hybridized carbons (Fsp3) is 0.222. The van der Waals surface area contributed by atoms with Gasteiger partial charge in [0.05, 0.1) is 12.6 Å². The lowest BCUT2D eigenvalue weighted by Crippen LogP contribution is -2.12. The van der Waals surface area contributed by atoms with E-state index in [2.05, 4.69) is 5.32 Å². The molecule has 0 saturated heterocycles. The largest absolute Gasteiger partial charge is 0.508 e. The summed E-state index contributed by atoms with van der Waals surface area (Å²) in [5.74, 6) is 0.190. The van der Waals surface area contributed by atoms with Crippen molar-refractivity contribution in [2.24, 2.45) is 0 Å². The number of phenolic OH excluding ortho intramolecular Hbond substituents is 1. The van der Waals surface area contributed by atoms with Gasteiger partial charge in [-0.15, -0.1) is 0 Å². The number of aromatic hydroxyl groups is 1. The Morgan fingerprint density at radius 2 is 2.31 bits per heavy atom. The molecule has 3 nitrogen and oxygen atoms in total. The van der Waals surface area contributed by atoms with Gasteiger partial charge in [-0.3, -0.25) is 0 Å². The molecule has 1 rings (SSSR count). The molecule has 0 aliphatic rings. The number of hydrogen-bond donors (Lipinski definition) is 2. The first kappa shape index (κ1) is 9.85. The Labute approximate surface area is 81.6 Å². The van der Waals surface area contributed by atoms with Crippen LogP contribution in [0.4, 0.5) is 0 Å². The van der Waals surface area contributed by atoms with E-state index in [-0.39, 0.29) is 12.3 Å². The quantitative estimate of drug-likeness (QED) is 0.571. The number of rotatable bonds is 3. The first-order valence-corrected chi connectivity index (χ1v) is 4.17. The van der Waals surface area contributed by atoms with Gasteiger partial charge in [0, 0.05) is 17.1 Å². The summed E-state index contributed by atoms with van der Waals surface area (Å²) in [6.07, 6.45) is 0. The molecule has 0 amide bonds. The number of nitriles is 1. The van der Waals surface area contributed by atoms with Crippen molar-refractivity contribution in [2.45, 2.75) is 6.54 Å². The molecule has 0 bridgehead atoms. The second-order valence-corrected chi connectivity index (χ2v) is 2.97. The first-order valence-electron chi connectivity index (χ1n) is 3.79. The molecule has 1 aromatic rings. The predicted molar refractivity (Wildman–Crippen MR) is 50.4 cm³/mol. The number of benzene rings is 1. The lowest BCUT2D eigenvalue weighted by Gasteiger charge is -2.04. The molecule has 0 atom stereocenters. The Morgan fingerprint density at radius 3 is 3.00 bits per heavy atom. The van der Waals surface area contributed by atoms with Crippen molar-refractivity contribution in [3.8, 4) is 11.8 Å². The zero-order valence-electron chi connectivity index (χ0n) is 6.92. The van der Waals surface area contributed by atoms with Crippen LogP contribution in [0.5, 0.6) is 5.75 Å². The van der Waals surface area contributed by atoms with Crippen LogP contribution in [0.25, 0.3) is 0 Å². The maximum Gasteiger partial charge on any atom is 0.120 e. The predicted octanol–water partition coefficient (Wildman–Crippen LogP) is 1.66. The van der Waals surface area contributed by atoms with E-state index in [0.29, 0.717) is 17.1 Å². The van der Waals surface area contributed by atoms with E-state index in [1.165, 1.54) is 6.07 Å². The van der Waals surface area contributed by atoms with E-state index in [4.69, 9.17) is 16.9 Å². The van der Waals surface area contributed by atoms with Gasteiger partial charge in [0.15, 0.2) is 0 Å². The highest BCUT2D eigenvalue weighted by molar-refractivity contribution is 6.30. The van der Waals surface area contributed by atoms with Gasteiger partial charge in [-0.05, 0) is 18.2 Å². The van der Waals surface area contributed by atoms with Crippen LogP contribution in [0.1, 0.15) is 5.56 Å². The Kier molecular flexibility index (Phi) is 3.56. The van der Waals surface area contributed by atoms with Crippen molar-refractivity contribution in [1.29, 1.82) is 5.26 Å². The first-order chi connectivity index (χ1) is 6.24. The number of halogens is 1. The third-order valence-corrected chi connectivity index (χ3v) is 1.80. The highest BCUT2D eigenvalue weighted by Gasteiger charge is 2.00. The summed E-state index contributed by atoms with van der Waals surface area (Å²) in [5, 5.41) is 21.0. The van der Waals surface area contributed by atoms with Crippen LogP contribution in [0.2, 0.25) is 5.02 Å². The maximum absolute atomic E-state index is 9.35. The van der Waals surface area contributed by atoms with Crippen molar-refractivity contribution in [2.75, 3.05) is 6.54 Å². The van der Waals surface area contributed by atoms with Crippen LogP contribution >= 0.6 is 11.6 Å². The number of nitrogens with zero attached hydrogens (tertiary/aromatic N) is 1. The molecule has 0 aliphatic carbocycles. The molecule has 13 heavy (non-hydrogen) atoms. The van der Waals surface area contributed by atoms with Crippen LogP contribution < -0.4 is 5.32 Å². The van der Waals surface area contributed by atoms with Crippen LogP contribution in [0.15, 0.2) is 18.2 Å². The molecule has 1 aromatic carbocycles. The molecule has 0 aliphatic heterocycles. The smallest absolute Gasteiger partial charge is 0.120 e. The fourth-order valence-electron chi connectivity index (χ4n) is 0.949. The summed E-state index contributed by atoms with van der Waals surface area (Å²) < 4.78 is 0. The lowest BCUT2D eigenvalue weighted by molar-refractivity contribution is 0.465. The minimum Gasteiger partial charge on any atom is -0.508 e. The van der Waals surface area contributed by atoms with Crippen LogP contribution in [0.3, 0.4) is 0 Å². The third-order valence-electron chi connectivity index (χ3n) is 1.56. The summed E-state index contributed by atoms with van der Waals surface area (Å²) in [4.78, 5) is 0. The Morgan fingerprint density at radius 1 is 1.54 bits per heavy atom. The van der Waals surface area contributed by atoms with E-state index in [9.17, 15) is 5.11 Å². The lowest BCUT2D eigenvalue weighted by atomic mass is 10.2. The molecular formula is C9H9ClN2O. The number of nitrogens with one attached hydrogen (secondary N) is 1. The Bertz CT molecular complexity index is 333. The average molecular weight is 197 g/mol. The zero-order valence-corrected chi connectivity index (χ0v) is 7.67. The molecule has 0 aromatic heterocycles. The average Bonchev–Trinajstić information content (AvgIpc) is 2.11. The maximum atomic E-state index is 9.35. The van der Waals surface area contributed by atoms with Gasteiger partial charge >= 0.3 is 0 Å². The summed E-state index contributed by atoms with van der Waals surface area (Å²) in [5.41, 5.74) is 0.697. The molecule has 4 heteroatoms. The van der Waals surface area contributed by atoms with Gasteiger partial charge in [-0.2, -0.15) is 5.26 Å². The summed E-state index contributed by atoms with van der Waals surface area (Å²) >= 11 is 5.73. The van der Waals surface area contributed by atoms with Crippen molar-refractivity contribution in [3.63, 3.8) is 0 Å². The van der Waals surface area contributed by atoms with E-state index in [1.807, 2.05) is 6.07 Å². The second kappa shape index (κ2) is 4.70. The SMILES string of the molecule is N#CCNCc1cc(Cl)ccc1O. The van der Waals surface area contributed by atoms with E-state index in [0.717, 1.165) is 0 Å². The van der Waals surface area contributed by atoms with E-state index < -0.39 is 0 Å². The highest BCUT2D eigenvalue weighted by atomic mass is 35.5. The molecule has 0 heterocycles. The van der Waals surface area contributed by atoms with Crippen LogP contribution in [-0.2, 0) is 6.54 Å². The number of hydrogen-bond acceptors (Lipinski definition) is 3. The second-order valence-electron chi connectivity index (χ2n) is 2.53. The molecular weight excluding hydrogens is 188 g/mol. The summed E-state index contributed by atoms with van der Waals surface area (Å²) in [6, 6.07) is 6.76. The van der Waals surface area contributed by atoms with Gasteiger partial charge < -0.3 is 10.4 Å². The Balaban J connectivity index is 2.65. The molecule has 2 N–H and O–H groups in total. The molecule has 68 valence electrons. The molecule has 0 fully saturated rings. The van der Waals surface area contributed by atoms with E-state index >= 15 is 0 Å². The molecule has 0 spiro atoms. The van der Waals surface area contributed by atoms with Gasteiger partial charge in [-0.1, -0.05) is 11.6 Å². The summed E-state index contributed by atoms with van der Waals surface area (Å²) in [6.45, 7) is 0.700.